The molecule has 4 heteroatoms. The van der Waals surface area contributed by atoms with Gasteiger partial charge in [0.25, 0.3) is 0 Å². The molecule has 0 radical (unpaired) electrons. The largest absolute Gasteiger partial charge is 0.347 e. The molecule has 1 saturated heterocycles. The van der Waals surface area contributed by atoms with Crippen molar-refractivity contribution in [1.82, 2.24) is 14.8 Å². The Morgan fingerprint density at radius 2 is 1.92 bits per heavy atom. The Bertz CT molecular complexity index is 657. The van der Waals surface area contributed by atoms with Gasteiger partial charge in [-0.05, 0) is 48.6 Å². The minimum Gasteiger partial charge on any atom is -0.347 e. The molecule has 0 N–H and O–H groups in total. The lowest BCUT2D eigenvalue weighted by Crippen LogP contribution is -2.39. The molecule has 1 aromatic heterocycles. The molecule has 0 saturated carbocycles. The number of carbonyl (C=O) groups is 1. The summed E-state index contributed by atoms with van der Waals surface area (Å²) in [6, 6.07) is 14.1. The quantitative estimate of drug-likeness (QED) is 0.849. The first-order valence-corrected chi connectivity index (χ1v) is 8.54. The Morgan fingerprint density at radius 1 is 1.21 bits per heavy atom. The molecule has 2 heterocycles. The number of amides is 1. The maximum atomic E-state index is 12.8. The molecular formula is C20H25N3O. The molecule has 2 aromatic rings. The topological polar surface area (TPSA) is 36.4 Å². The number of carbonyl (C=O) groups excluding carboxylic acids is 1. The third-order valence-electron chi connectivity index (χ3n) is 4.75. The van der Waals surface area contributed by atoms with E-state index >= 15 is 0 Å². The molecule has 2 atom stereocenters. The Hall–Kier alpha value is -2.20. The van der Waals surface area contributed by atoms with Gasteiger partial charge in [0.1, 0.15) is 6.04 Å². The van der Waals surface area contributed by atoms with Crippen LogP contribution in [-0.4, -0.2) is 47.9 Å². The molecule has 24 heavy (non-hydrogen) atoms. The highest BCUT2D eigenvalue weighted by Crippen LogP contribution is 2.30. The first-order valence-electron chi connectivity index (χ1n) is 8.54. The lowest BCUT2D eigenvalue weighted by molar-refractivity contribution is -0.134. The number of hydrogen-bond acceptors (Lipinski definition) is 3. The predicted molar refractivity (Wildman–Crippen MR) is 95.5 cm³/mol. The second-order valence-corrected chi connectivity index (χ2v) is 6.76. The molecule has 3 rings (SSSR count). The molecular weight excluding hydrogens is 298 g/mol. The van der Waals surface area contributed by atoms with Crippen molar-refractivity contribution in [3.63, 3.8) is 0 Å². The first kappa shape index (κ1) is 16.7. The summed E-state index contributed by atoms with van der Waals surface area (Å²) in [6.07, 6.45) is 5.89. The van der Waals surface area contributed by atoms with Gasteiger partial charge in [0.15, 0.2) is 0 Å². The molecule has 0 unspecified atom stereocenters. The summed E-state index contributed by atoms with van der Waals surface area (Å²) in [5.41, 5.74) is 2.41. The number of pyridine rings is 1. The SMILES string of the molecule is CN(C)C(=O)[C@@H](c1ccccc1)N1CC[C@@H](Cc2ccncc2)C1. The van der Waals surface area contributed by atoms with E-state index in [1.54, 1.807) is 4.90 Å². The van der Waals surface area contributed by atoms with Crippen LogP contribution in [0, 0.1) is 5.92 Å². The van der Waals surface area contributed by atoms with Crippen LogP contribution in [0.5, 0.6) is 0 Å². The monoisotopic (exact) mass is 323 g/mol. The van der Waals surface area contributed by atoms with Gasteiger partial charge in [-0.25, -0.2) is 0 Å². The van der Waals surface area contributed by atoms with Crippen LogP contribution in [0.4, 0.5) is 0 Å². The van der Waals surface area contributed by atoms with Gasteiger partial charge >= 0.3 is 0 Å². The maximum absolute atomic E-state index is 12.8. The highest BCUT2D eigenvalue weighted by molar-refractivity contribution is 5.82. The lowest BCUT2D eigenvalue weighted by atomic mass is 9.99. The normalized spacial score (nSPS) is 19.2. The van der Waals surface area contributed by atoms with E-state index in [2.05, 4.69) is 34.1 Å². The van der Waals surface area contributed by atoms with Crippen LogP contribution >= 0.6 is 0 Å². The average molecular weight is 323 g/mol. The van der Waals surface area contributed by atoms with E-state index in [0.717, 1.165) is 31.5 Å². The van der Waals surface area contributed by atoms with Crippen LogP contribution < -0.4 is 0 Å². The van der Waals surface area contributed by atoms with Gasteiger partial charge in [0, 0.05) is 33.0 Å². The van der Waals surface area contributed by atoms with Crippen LogP contribution in [0.1, 0.15) is 23.6 Å². The summed E-state index contributed by atoms with van der Waals surface area (Å²) in [4.78, 5) is 20.9. The van der Waals surface area contributed by atoms with Crippen molar-refractivity contribution in [3.05, 3.63) is 66.0 Å². The Labute approximate surface area is 144 Å². The van der Waals surface area contributed by atoms with E-state index in [0.29, 0.717) is 5.92 Å². The Morgan fingerprint density at radius 3 is 2.58 bits per heavy atom. The van der Waals surface area contributed by atoms with Crippen LogP contribution in [0.2, 0.25) is 0 Å². The summed E-state index contributed by atoms with van der Waals surface area (Å²) in [7, 11) is 3.67. The van der Waals surface area contributed by atoms with Crippen LogP contribution in [-0.2, 0) is 11.2 Å². The molecule has 0 aliphatic carbocycles. The first-order chi connectivity index (χ1) is 11.6. The summed E-state index contributed by atoms with van der Waals surface area (Å²) >= 11 is 0. The zero-order valence-corrected chi connectivity index (χ0v) is 14.4. The van der Waals surface area contributed by atoms with Crippen molar-refractivity contribution in [2.75, 3.05) is 27.2 Å². The number of likely N-dealkylation sites (N-methyl/N-ethyl adjacent to an activating group) is 1. The summed E-state index contributed by atoms with van der Waals surface area (Å²) < 4.78 is 0. The summed E-state index contributed by atoms with van der Waals surface area (Å²) in [5, 5.41) is 0. The lowest BCUT2D eigenvalue weighted by Gasteiger charge is -2.29. The third-order valence-corrected chi connectivity index (χ3v) is 4.75. The fourth-order valence-electron chi connectivity index (χ4n) is 3.51. The molecule has 0 spiro atoms. The van der Waals surface area contributed by atoms with Crippen molar-refractivity contribution in [3.8, 4) is 0 Å². The van der Waals surface area contributed by atoms with Crippen LogP contribution in [0.15, 0.2) is 54.9 Å². The van der Waals surface area contributed by atoms with Crippen LogP contribution in [0.3, 0.4) is 0 Å². The molecule has 1 aliphatic heterocycles. The van der Waals surface area contributed by atoms with E-state index in [9.17, 15) is 4.79 Å². The fourth-order valence-corrected chi connectivity index (χ4v) is 3.51. The fraction of sp³-hybridized carbons (Fsp3) is 0.400. The van der Waals surface area contributed by atoms with Gasteiger partial charge in [0.05, 0.1) is 0 Å². The minimum absolute atomic E-state index is 0.158. The second-order valence-electron chi connectivity index (χ2n) is 6.76. The smallest absolute Gasteiger partial charge is 0.244 e. The Kier molecular flexibility index (Phi) is 5.26. The zero-order chi connectivity index (χ0) is 16.9. The van der Waals surface area contributed by atoms with Crippen molar-refractivity contribution < 1.29 is 4.79 Å². The van der Waals surface area contributed by atoms with Gasteiger partial charge in [-0.1, -0.05) is 30.3 Å². The van der Waals surface area contributed by atoms with Gasteiger partial charge in [0.2, 0.25) is 5.91 Å². The highest BCUT2D eigenvalue weighted by atomic mass is 16.2. The summed E-state index contributed by atoms with van der Waals surface area (Å²) in [6.45, 7) is 1.93. The van der Waals surface area contributed by atoms with E-state index in [1.807, 2.05) is 44.7 Å². The third kappa shape index (κ3) is 3.82. The molecule has 4 nitrogen and oxygen atoms in total. The standard InChI is InChI=1S/C20H25N3O/c1-22(2)20(24)19(18-6-4-3-5-7-18)23-13-10-17(15-23)14-16-8-11-21-12-9-16/h3-9,11-12,17,19H,10,13-15H2,1-2H3/t17-,19+/m0/s1. The number of aromatic nitrogens is 1. The highest BCUT2D eigenvalue weighted by Gasteiger charge is 2.34. The molecule has 0 bridgehead atoms. The number of hydrogen-bond donors (Lipinski definition) is 0. The average Bonchev–Trinajstić information content (AvgIpc) is 3.05. The van der Waals surface area contributed by atoms with E-state index in [-0.39, 0.29) is 11.9 Å². The van der Waals surface area contributed by atoms with E-state index in [1.165, 1.54) is 5.56 Å². The molecule has 126 valence electrons. The van der Waals surface area contributed by atoms with Crippen molar-refractivity contribution in [2.24, 2.45) is 5.92 Å². The van der Waals surface area contributed by atoms with Gasteiger partial charge in [-0.2, -0.15) is 0 Å². The van der Waals surface area contributed by atoms with Gasteiger partial charge in [-0.3, -0.25) is 14.7 Å². The number of benzene rings is 1. The molecule has 1 aromatic carbocycles. The van der Waals surface area contributed by atoms with Gasteiger partial charge < -0.3 is 4.90 Å². The summed E-state index contributed by atoms with van der Waals surface area (Å²) in [5.74, 6) is 0.749. The number of rotatable bonds is 5. The molecule has 1 amide bonds. The number of likely N-dealkylation sites (tertiary alicyclic amines) is 1. The van der Waals surface area contributed by atoms with Crippen molar-refractivity contribution in [1.29, 1.82) is 0 Å². The Balaban J connectivity index is 1.74. The minimum atomic E-state index is -0.177. The second kappa shape index (κ2) is 7.58. The van der Waals surface area contributed by atoms with Crippen LogP contribution in [0.25, 0.3) is 0 Å². The number of nitrogens with zero attached hydrogens (tertiary/aromatic N) is 3. The molecule has 1 aliphatic rings. The van der Waals surface area contributed by atoms with Crippen molar-refractivity contribution >= 4 is 5.91 Å². The van der Waals surface area contributed by atoms with E-state index in [4.69, 9.17) is 0 Å². The maximum Gasteiger partial charge on any atom is 0.244 e. The van der Waals surface area contributed by atoms with Gasteiger partial charge in [-0.15, -0.1) is 0 Å². The van der Waals surface area contributed by atoms with E-state index < -0.39 is 0 Å². The predicted octanol–water partition coefficient (Wildman–Crippen LogP) is 2.78. The molecule has 1 fully saturated rings. The zero-order valence-electron chi connectivity index (χ0n) is 14.4. The van der Waals surface area contributed by atoms with Crippen molar-refractivity contribution in [2.45, 2.75) is 18.9 Å².